The van der Waals surface area contributed by atoms with Gasteiger partial charge in [0, 0.05) is 34.8 Å². The smallest absolute Gasteiger partial charge is 0.382 e. The summed E-state index contributed by atoms with van der Waals surface area (Å²) in [4.78, 5) is 0. The number of azo groups is 2. The molecule has 2 N–H and O–H groups in total. The largest absolute Gasteiger partial charge is 0.421 e. The highest BCUT2D eigenvalue weighted by Crippen LogP contribution is 2.28. The molecule has 0 atom stereocenters. The van der Waals surface area contributed by atoms with Gasteiger partial charge in [-0.1, -0.05) is 56.1 Å². The molecule has 0 bridgehead atoms. The second-order valence-electron chi connectivity index (χ2n) is 8.57. The summed E-state index contributed by atoms with van der Waals surface area (Å²) in [6.45, 7) is 1.69. The molecule has 0 aliphatic rings. The zero-order chi connectivity index (χ0) is 26.7. The molecule has 2 heterocycles. The highest BCUT2D eigenvalue weighted by Gasteiger charge is 2.12. The lowest BCUT2D eigenvalue weighted by Gasteiger charge is -2.09. The first-order valence-corrected chi connectivity index (χ1v) is 14.8. The zero-order valence-corrected chi connectivity index (χ0v) is 23.8. The van der Waals surface area contributed by atoms with Gasteiger partial charge in [0.25, 0.3) is 0 Å². The van der Waals surface area contributed by atoms with Crippen LogP contribution in [0, 0.1) is 0 Å². The van der Waals surface area contributed by atoms with Crippen molar-refractivity contribution in [3.8, 4) is 0 Å². The van der Waals surface area contributed by atoms with Gasteiger partial charge in [-0.2, -0.15) is 0 Å². The predicted molar refractivity (Wildman–Crippen MR) is 156 cm³/mol. The third-order valence-corrected chi connectivity index (χ3v) is 8.09. The molecule has 4 aromatic rings. The predicted octanol–water partition coefficient (Wildman–Crippen LogP) is 5.75. The molecule has 198 valence electrons. The molecule has 0 aliphatic carbocycles. The summed E-state index contributed by atoms with van der Waals surface area (Å²) in [5, 5.41) is 24.7. The summed E-state index contributed by atoms with van der Waals surface area (Å²) < 4.78 is 7.76. The number of hydrogen-bond acceptors (Lipinski definition) is 8. The Bertz CT molecular complexity index is 1250. The number of benzene rings is 2. The van der Waals surface area contributed by atoms with E-state index in [4.69, 9.17) is 0 Å². The van der Waals surface area contributed by atoms with Crippen LogP contribution in [0.4, 0.5) is 34.6 Å². The van der Waals surface area contributed by atoms with Gasteiger partial charge in [-0.3, -0.25) is 0 Å². The fourth-order valence-electron chi connectivity index (χ4n) is 3.64. The molecule has 0 spiro atoms. The maximum atomic E-state index is 4.47. The first-order valence-electron chi connectivity index (χ1n) is 12.3. The minimum absolute atomic E-state index is 0.788. The third-order valence-electron chi connectivity index (χ3n) is 5.68. The van der Waals surface area contributed by atoms with Crippen molar-refractivity contribution >= 4 is 56.2 Å². The molecule has 2 aromatic carbocycles. The van der Waals surface area contributed by atoms with Crippen molar-refractivity contribution in [2.75, 3.05) is 35.2 Å². The van der Waals surface area contributed by atoms with Crippen molar-refractivity contribution in [3.05, 3.63) is 73.3 Å². The molecule has 0 saturated heterocycles. The quantitative estimate of drug-likeness (QED) is 0.0960. The summed E-state index contributed by atoms with van der Waals surface area (Å²) in [5.74, 6) is 3.52. The highest BCUT2D eigenvalue weighted by molar-refractivity contribution is 8.76. The number of nitrogens with one attached hydrogen (secondary N) is 2. The number of aryl methyl sites for hydroxylation is 4. The Morgan fingerprint density at radius 1 is 0.658 bits per heavy atom. The van der Waals surface area contributed by atoms with E-state index in [-0.39, 0.29) is 0 Å². The molecule has 10 nitrogen and oxygen atoms in total. The Morgan fingerprint density at radius 2 is 1.08 bits per heavy atom. The molecule has 0 unspecified atom stereocenters. The first-order chi connectivity index (χ1) is 18.5. The fourth-order valence-corrected chi connectivity index (χ4v) is 5.45. The zero-order valence-electron chi connectivity index (χ0n) is 22.2. The van der Waals surface area contributed by atoms with Crippen LogP contribution in [0.25, 0.3) is 0 Å². The summed E-state index contributed by atoms with van der Waals surface area (Å²) >= 11 is 0. The van der Waals surface area contributed by atoms with Crippen LogP contribution in [0.15, 0.2) is 93.8 Å². The third kappa shape index (κ3) is 7.45. The van der Waals surface area contributed by atoms with Gasteiger partial charge >= 0.3 is 11.9 Å². The van der Waals surface area contributed by atoms with E-state index >= 15 is 0 Å². The van der Waals surface area contributed by atoms with Crippen molar-refractivity contribution in [1.82, 2.24) is 9.13 Å². The van der Waals surface area contributed by atoms with Gasteiger partial charge in [0.15, 0.2) is 0 Å². The number of anilines is 2. The molecule has 4 rings (SSSR count). The van der Waals surface area contributed by atoms with E-state index in [1.807, 2.05) is 141 Å². The Kier molecular flexibility index (Phi) is 9.93. The van der Waals surface area contributed by atoms with Gasteiger partial charge in [0.1, 0.15) is 11.4 Å². The molecular formula is C26H34N10S2+2. The Labute approximate surface area is 231 Å². The van der Waals surface area contributed by atoms with Gasteiger partial charge in [-0.25, -0.2) is 18.3 Å². The molecular weight excluding hydrogens is 516 g/mol. The topological polar surface area (TPSA) is 91.1 Å². The Balaban J connectivity index is 1.18. The molecule has 0 saturated carbocycles. The van der Waals surface area contributed by atoms with Crippen molar-refractivity contribution in [1.29, 1.82) is 0 Å². The number of imidazole rings is 2. The van der Waals surface area contributed by atoms with Crippen LogP contribution in [-0.4, -0.2) is 33.7 Å². The molecule has 0 amide bonds. The van der Waals surface area contributed by atoms with Crippen molar-refractivity contribution in [3.63, 3.8) is 0 Å². The average Bonchev–Trinajstić information content (AvgIpc) is 3.42. The maximum absolute atomic E-state index is 4.47. The maximum Gasteiger partial charge on any atom is 0.421 e. The van der Waals surface area contributed by atoms with Gasteiger partial charge in [0.2, 0.25) is 0 Å². The van der Waals surface area contributed by atoms with Gasteiger partial charge in [-0.05, 0) is 24.3 Å². The van der Waals surface area contributed by atoms with E-state index in [2.05, 4.69) is 31.1 Å². The Hall–Kier alpha value is -3.64. The number of rotatable bonds is 13. The standard InChI is InChI=1S/C26H32N10S2/c1-33-15-16-34(2)25(33)31-29-23-11-7-5-9-21(23)27-13-19-37-38-20-14-28-22-10-6-8-12-24(22)30-32-26-35(3)17-18-36(26)4/h5-12,15-18H,13-14,19-20H2,1-4H3/p+2. The minimum Gasteiger partial charge on any atom is -0.382 e. The number of nitrogens with zero attached hydrogens (tertiary/aromatic N) is 8. The lowest BCUT2D eigenvalue weighted by atomic mass is 10.3. The van der Waals surface area contributed by atoms with Crippen LogP contribution in [0.5, 0.6) is 0 Å². The molecule has 0 aliphatic heterocycles. The average molecular weight is 551 g/mol. The van der Waals surface area contributed by atoms with Crippen molar-refractivity contribution < 1.29 is 9.13 Å². The second kappa shape index (κ2) is 13.8. The van der Waals surface area contributed by atoms with Crippen LogP contribution in [-0.2, 0) is 28.2 Å². The SMILES string of the molecule is Cn1cc[n+](C)c1/N=N/c1ccccc1NCCSSCCNc1ccccc1/N=N/c1n(C)cc[n+]1C. The van der Waals surface area contributed by atoms with Crippen LogP contribution in [0.3, 0.4) is 0 Å². The van der Waals surface area contributed by atoms with E-state index in [1.54, 1.807) is 0 Å². The normalized spacial score (nSPS) is 11.6. The fraction of sp³-hybridized carbons (Fsp3) is 0.308. The van der Waals surface area contributed by atoms with E-state index < -0.39 is 0 Å². The second-order valence-corrected chi connectivity index (χ2v) is 11.3. The Morgan fingerprint density at radius 3 is 1.47 bits per heavy atom. The summed E-state index contributed by atoms with van der Waals surface area (Å²) in [7, 11) is 11.5. The molecule has 0 radical (unpaired) electrons. The lowest BCUT2D eigenvalue weighted by molar-refractivity contribution is -0.657. The summed E-state index contributed by atoms with van der Waals surface area (Å²) in [6, 6.07) is 16.0. The van der Waals surface area contributed by atoms with E-state index in [1.165, 1.54) is 0 Å². The van der Waals surface area contributed by atoms with Crippen molar-refractivity contribution in [2.24, 2.45) is 48.6 Å². The lowest BCUT2D eigenvalue weighted by Crippen LogP contribution is -2.25. The number of aromatic nitrogens is 4. The molecule has 0 fully saturated rings. The molecule has 38 heavy (non-hydrogen) atoms. The minimum atomic E-state index is 0.788. The van der Waals surface area contributed by atoms with Crippen LogP contribution >= 0.6 is 21.6 Å². The van der Waals surface area contributed by atoms with Crippen molar-refractivity contribution in [2.45, 2.75) is 0 Å². The van der Waals surface area contributed by atoms with E-state index in [9.17, 15) is 0 Å². The first kappa shape index (κ1) is 27.4. The summed E-state index contributed by atoms with van der Waals surface area (Å²) in [5.41, 5.74) is 3.62. The van der Waals surface area contributed by atoms with Crippen LogP contribution in [0.2, 0.25) is 0 Å². The van der Waals surface area contributed by atoms with Crippen LogP contribution < -0.4 is 19.8 Å². The van der Waals surface area contributed by atoms with Crippen LogP contribution in [0.1, 0.15) is 0 Å². The van der Waals surface area contributed by atoms with Gasteiger partial charge in [0.05, 0.1) is 64.4 Å². The monoisotopic (exact) mass is 550 g/mol. The highest BCUT2D eigenvalue weighted by atomic mass is 33.1. The number of para-hydroxylation sites is 2. The van der Waals surface area contributed by atoms with E-state index in [0.29, 0.717) is 0 Å². The van der Waals surface area contributed by atoms with E-state index in [0.717, 1.165) is 59.2 Å². The molecule has 2 aromatic heterocycles. The van der Waals surface area contributed by atoms with Gasteiger partial charge in [-0.15, -0.1) is 0 Å². The molecule has 12 heteroatoms. The van der Waals surface area contributed by atoms with Gasteiger partial charge < -0.3 is 10.6 Å². The number of hydrogen-bond donors (Lipinski definition) is 2. The summed E-state index contributed by atoms with van der Waals surface area (Å²) in [6.07, 6.45) is 7.83.